The van der Waals surface area contributed by atoms with Gasteiger partial charge in [0.1, 0.15) is 0 Å². The van der Waals surface area contributed by atoms with E-state index in [0.717, 1.165) is 0 Å². The molecule has 0 radical (unpaired) electrons. The van der Waals surface area contributed by atoms with Gasteiger partial charge in [0.25, 0.3) is 0 Å². The molecule has 0 unspecified atom stereocenters. The molecule has 5 nitrogen and oxygen atoms in total. The van der Waals surface area contributed by atoms with Gasteiger partial charge >= 0.3 is 0 Å². The Labute approximate surface area is 81.3 Å². The third-order valence-electron chi connectivity index (χ3n) is 1.60. The molecule has 0 bridgehead atoms. The zero-order valence-electron chi connectivity index (χ0n) is 7.94. The molecule has 0 aliphatic rings. The summed E-state index contributed by atoms with van der Waals surface area (Å²) in [5, 5.41) is 10.4. The average Bonchev–Trinajstić information content (AvgIpc) is 2.16. The molecule has 0 saturated heterocycles. The Morgan fingerprint density at radius 1 is 1.36 bits per heavy atom. The van der Waals surface area contributed by atoms with Gasteiger partial charge in [-0.25, -0.2) is 0 Å². The summed E-state index contributed by atoms with van der Waals surface area (Å²) in [4.78, 5) is 14.3. The van der Waals surface area contributed by atoms with E-state index in [1.54, 1.807) is 0 Å². The number of nitrogens with zero attached hydrogens (tertiary/aromatic N) is 1. The van der Waals surface area contributed by atoms with E-state index in [1.165, 1.54) is 26.4 Å². The molecule has 0 fully saturated rings. The number of carboxylic acids is 1. The first-order valence-electron chi connectivity index (χ1n) is 3.94. The fourth-order valence-corrected chi connectivity index (χ4v) is 1.01. The van der Waals surface area contributed by atoms with Crippen molar-refractivity contribution in [2.45, 2.75) is 6.42 Å². The van der Waals surface area contributed by atoms with Crippen LogP contribution < -0.4 is 14.6 Å². The van der Waals surface area contributed by atoms with Crippen molar-refractivity contribution >= 4 is 5.97 Å². The topological polar surface area (TPSA) is 71.5 Å². The van der Waals surface area contributed by atoms with E-state index >= 15 is 0 Å². The van der Waals surface area contributed by atoms with Crippen molar-refractivity contribution in [3.05, 3.63) is 17.7 Å². The van der Waals surface area contributed by atoms with Gasteiger partial charge in [-0.05, 0) is 5.56 Å². The highest BCUT2D eigenvalue weighted by Crippen LogP contribution is 2.17. The van der Waals surface area contributed by atoms with Gasteiger partial charge in [-0.15, -0.1) is 0 Å². The zero-order chi connectivity index (χ0) is 10.6. The number of aliphatic carboxylic acids is 1. The summed E-state index contributed by atoms with van der Waals surface area (Å²) in [7, 11) is 2.90. The quantitative estimate of drug-likeness (QED) is 0.642. The van der Waals surface area contributed by atoms with Crippen LogP contribution >= 0.6 is 0 Å². The van der Waals surface area contributed by atoms with Gasteiger partial charge in [0.05, 0.1) is 14.2 Å². The van der Waals surface area contributed by atoms with Crippen molar-refractivity contribution in [1.82, 2.24) is 4.98 Å². The van der Waals surface area contributed by atoms with Crippen molar-refractivity contribution < 1.29 is 19.4 Å². The number of hydrogen-bond acceptors (Lipinski definition) is 5. The van der Waals surface area contributed by atoms with Gasteiger partial charge < -0.3 is 19.4 Å². The summed E-state index contributed by atoms with van der Waals surface area (Å²) < 4.78 is 9.75. The van der Waals surface area contributed by atoms with Gasteiger partial charge in [-0.2, -0.15) is 4.98 Å². The van der Waals surface area contributed by atoms with Crippen LogP contribution in [0.4, 0.5) is 0 Å². The Morgan fingerprint density at radius 3 is 2.21 bits per heavy atom. The molecular formula is C9H10NO4-. The summed E-state index contributed by atoms with van der Waals surface area (Å²) >= 11 is 0. The number of ether oxygens (including phenoxy) is 2. The number of carbonyl (C=O) groups is 1. The van der Waals surface area contributed by atoms with E-state index in [2.05, 4.69) is 4.98 Å². The summed E-state index contributed by atoms with van der Waals surface area (Å²) in [6, 6.07) is 3.05. The molecule has 0 amide bonds. The Balaban J connectivity index is 2.98. The number of methoxy groups -OCH3 is 2. The Morgan fingerprint density at radius 2 is 1.86 bits per heavy atom. The molecule has 14 heavy (non-hydrogen) atoms. The Hall–Kier alpha value is -1.78. The van der Waals surface area contributed by atoms with E-state index in [1.807, 2.05) is 0 Å². The molecule has 0 N–H and O–H groups in total. The zero-order valence-corrected chi connectivity index (χ0v) is 7.94. The van der Waals surface area contributed by atoms with E-state index in [4.69, 9.17) is 9.47 Å². The molecule has 0 aromatic carbocycles. The van der Waals surface area contributed by atoms with Crippen LogP contribution in [0.3, 0.4) is 0 Å². The maximum absolute atomic E-state index is 10.4. The minimum atomic E-state index is -1.15. The highest BCUT2D eigenvalue weighted by Gasteiger charge is 2.03. The molecule has 1 aromatic heterocycles. The highest BCUT2D eigenvalue weighted by molar-refractivity contribution is 5.68. The molecule has 1 rings (SSSR count). The number of aromatic nitrogens is 1. The minimum Gasteiger partial charge on any atom is -0.550 e. The van der Waals surface area contributed by atoms with Crippen LogP contribution in [0.1, 0.15) is 5.56 Å². The molecule has 0 spiro atoms. The summed E-state index contributed by atoms with van der Waals surface area (Å²) in [6.07, 6.45) is -0.185. The maximum atomic E-state index is 10.4. The number of rotatable bonds is 4. The predicted molar refractivity (Wildman–Crippen MR) is 46.1 cm³/mol. The number of carboxylic acid groups (broad SMARTS) is 1. The number of hydrogen-bond donors (Lipinski definition) is 0. The fourth-order valence-electron chi connectivity index (χ4n) is 1.01. The summed E-state index contributed by atoms with van der Waals surface area (Å²) in [6.45, 7) is 0. The van der Waals surface area contributed by atoms with Gasteiger partial charge in [-0.1, -0.05) is 0 Å². The van der Waals surface area contributed by atoms with Gasteiger partial charge in [-0.3, -0.25) is 0 Å². The second kappa shape index (κ2) is 4.45. The minimum absolute atomic E-state index is 0.185. The lowest BCUT2D eigenvalue weighted by Gasteiger charge is -2.07. The van der Waals surface area contributed by atoms with Crippen LogP contribution in [-0.2, 0) is 11.2 Å². The SMILES string of the molecule is COc1cc(CC(=O)[O-])cc(OC)n1. The molecule has 1 aromatic rings. The largest absolute Gasteiger partial charge is 0.550 e. The molecule has 1 heterocycles. The van der Waals surface area contributed by atoms with E-state index in [9.17, 15) is 9.90 Å². The monoisotopic (exact) mass is 196 g/mol. The van der Waals surface area contributed by atoms with E-state index in [-0.39, 0.29) is 6.42 Å². The molecular weight excluding hydrogens is 186 g/mol. The molecule has 0 aliphatic carbocycles. The normalized spacial score (nSPS) is 9.57. The fraction of sp³-hybridized carbons (Fsp3) is 0.333. The van der Waals surface area contributed by atoms with Crippen molar-refractivity contribution in [2.75, 3.05) is 14.2 Å². The van der Waals surface area contributed by atoms with E-state index < -0.39 is 5.97 Å². The summed E-state index contributed by atoms with van der Waals surface area (Å²) in [5.41, 5.74) is 0.536. The molecule has 0 atom stereocenters. The lowest BCUT2D eigenvalue weighted by atomic mass is 10.2. The van der Waals surface area contributed by atoms with E-state index in [0.29, 0.717) is 17.3 Å². The summed E-state index contributed by atoms with van der Waals surface area (Å²) in [5.74, 6) is -0.512. The Kier molecular flexibility index (Phi) is 3.28. The molecule has 5 heteroatoms. The van der Waals surface area contributed by atoms with Crippen molar-refractivity contribution in [3.8, 4) is 11.8 Å². The van der Waals surface area contributed by atoms with Crippen LogP contribution in [-0.4, -0.2) is 25.2 Å². The first-order valence-corrected chi connectivity index (χ1v) is 3.94. The molecule has 0 aliphatic heterocycles. The first-order chi connectivity index (χ1) is 6.65. The van der Waals surface area contributed by atoms with Crippen molar-refractivity contribution in [2.24, 2.45) is 0 Å². The lowest BCUT2D eigenvalue weighted by Crippen LogP contribution is -2.24. The molecule has 76 valence electrons. The van der Waals surface area contributed by atoms with Crippen LogP contribution in [0, 0.1) is 0 Å². The van der Waals surface area contributed by atoms with Crippen LogP contribution in [0.25, 0.3) is 0 Å². The van der Waals surface area contributed by atoms with Gasteiger partial charge in [0.15, 0.2) is 0 Å². The van der Waals surface area contributed by atoms with Gasteiger partial charge in [0, 0.05) is 24.5 Å². The highest BCUT2D eigenvalue weighted by atomic mass is 16.5. The lowest BCUT2D eigenvalue weighted by molar-refractivity contribution is -0.304. The van der Waals surface area contributed by atoms with Crippen LogP contribution in [0.15, 0.2) is 12.1 Å². The van der Waals surface area contributed by atoms with Gasteiger partial charge in [0.2, 0.25) is 11.8 Å². The second-order valence-corrected chi connectivity index (χ2v) is 2.61. The van der Waals surface area contributed by atoms with Crippen molar-refractivity contribution in [1.29, 1.82) is 0 Å². The standard InChI is InChI=1S/C9H11NO4/c1-13-7-3-6(5-9(11)12)4-8(10-7)14-2/h3-4H,5H2,1-2H3,(H,11,12)/p-1. The third kappa shape index (κ3) is 2.62. The smallest absolute Gasteiger partial charge is 0.216 e. The maximum Gasteiger partial charge on any atom is 0.216 e. The van der Waals surface area contributed by atoms with Crippen LogP contribution in [0.5, 0.6) is 11.8 Å². The Bertz CT molecular complexity index is 315. The predicted octanol–water partition coefficient (Wildman–Crippen LogP) is -0.609. The number of pyridine rings is 1. The molecule has 0 saturated carbocycles. The first kappa shape index (κ1) is 10.3. The van der Waals surface area contributed by atoms with Crippen molar-refractivity contribution in [3.63, 3.8) is 0 Å². The number of carbonyl (C=O) groups excluding carboxylic acids is 1. The second-order valence-electron chi connectivity index (χ2n) is 2.61. The third-order valence-corrected chi connectivity index (χ3v) is 1.60. The van der Waals surface area contributed by atoms with Crippen LogP contribution in [0.2, 0.25) is 0 Å². The average molecular weight is 196 g/mol.